The molecule has 0 atom stereocenters. The van der Waals surface area contributed by atoms with Crippen molar-refractivity contribution in [2.24, 2.45) is 0 Å². The van der Waals surface area contributed by atoms with Crippen molar-refractivity contribution < 1.29 is 14.3 Å². The van der Waals surface area contributed by atoms with Gasteiger partial charge in [0.1, 0.15) is 0 Å². The van der Waals surface area contributed by atoms with Crippen molar-refractivity contribution in [3.8, 4) is 11.3 Å². The third kappa shape index (κ3) is 3.91. The standard InChI is InChI=1S/C25H20N2O3/c1-16-8-13-22-20(14-16)21(15-23(27-22)17-6-4-3-5-7-17)24(28)26-19-11-9-18(10-12-19)25(29)30-2/h3-15H,1-2H3,(H,26,28). The van der Waals surface area contributed by atoms with E-state index in [4.69, 9.17) is 9.72 Å². The number of carbonyl (C=O) groups is 2. The van der Waals surface area contributed by atoms with Gasteiger partial charge >= 0.3 is 5.97 Å². The molecule has 4 aromatic rings. The van der Waals surface area contributed by atoms with Crippen LogP contribution in [0.5, 0.6) is 0 Å². The molecule has 1 amide bonds. The Hall–Kier alpha value is -3.99. The first-order valence-corrected chi connectivity index (χ1v) is 9.52. The number of aromatic nitrogens is 1. The molecule has 148 valence electrons. The van der Waals surface area contributed by atoms with Gasteiger partial charge in [-0.15, -0.1) is 0 Å². The number of benzene rings is 3. The van der Waals surface area contributed by atoms with Crippen molar-refractivity contribution in [1.29, 1.82) is 0 Å². The van der Waals surface area contributed by atoms with Crippen LogP contribution in [0.15, 0.2) is 78.9 Å². The second-order valence-electron chi connectivity index (χ2n) is 6.96. The monoisotopic (exact) mass is 396 g/mol. The Balaban J connectivity index is 1.73. The lowest BCUT2D eigenvalue weighted by atomic mass is 10.0. The maximum atomic E-state index is 13.2. The number of amides is 1. The van der Waals surface area contributed by atoms with Crippen molar-refractivity contribution in [2.45, 2.75) is 6.92 Å². The van der Waals surface area contributed by atoms with Gasteiger partial charge in [0.2, 0.25) is 0 Å². The molecule has 1 heterocycles. The zero-order valence-electron chi connectivity index (χ0n) is 16.7. The van der Waals surface area contributed by atoms with E-state index in [1.165, 1.54) is 7.11 Å². The zero-order valence-corrected chi connectivity index (χ0v) is 16.7. The van der Waals surface area contributed by atoms with Crippen LogP contribution in [0.3, 0.4) is 0 Å². The minimum Gasteiger partial charge on any atom is -0.465 e. The van der Waals surface area contributed by atoms with Crippen LogP contribution in [0, 0.1) is 6.92 Å². The van der Waals surface area contributed by atoms with Gasteiger partial charge in [0.15, 0.2) is 0 Å². The van der Waals surface area contributed by atoms with Crippen molar-refractivity contribution in [2.75, 3.05) is 12.4 Å². The Morgan fingerprint density at radius 3 is 2.33 bits per heavy atom. The van der Waals surface area contributed by atoms with Crippen LogP contribution in [0.1, 0.15) is 26.3 Å². The molecular weight excluding hydrogens is 376 g/mol. The number of ether oxygens (including phenoxy) is 1. The number of esters is 1. The molecular formula is C25H20N2O3. The summed E-state index contributed by atoms with van der Waals surface area (Å²) in [6, 6.07) is 24.0. The summed E-state index contributed by atoms with van der Waals surface area (Å²) in [5, 5.41) is 3.70. The summed E-state index contributed by atoms with van der Waals surface area (Å²) in [6.45, 7) is 1.98. The van der Waals surface area contributed by atoms with E-state index in [-0.39, 0.29) is 5.91 Å². The van der Waals surface area contributed by atoms with Crippen LogP contribution in [0.2, 0.25) is 0 Å². The molecule has 1 aromatic heterocycles. The van der Waals surface area contributed by atoms with Crippen molar-refractivity contribution >= 4 is 28.5 Å². The normalized spacial score (nSPS) is 10.6. The average molecular weight is 396 g/mol. The fourth-order valence-corrected chi connectivity index (χ4v) is 3.29. The van der Waals surface area contributed by atoms with Crippen molar-refractivity contribution in [3.63, 3.8) is 0 Å². The number of carbonyl (C=O) groups excluding carboxylic acids is 2. The molecule has 0 saturated carbocycles. The van der Waals surface area contributed by atoms with E-state index in [0.29, 0.717) is 16.8 Å². The number of fused-ring (bicyclic) bond motifs is 1. The lowest BCUT2D eigenvalue weighted by Crippen LogP contribution is -2.13. The number of aryl methyl sites for hydroxylation is 1. The second-order valence-corrected chi connectivity index (χ2v) is 6.96. The van der Waals surface area contributed by atoms with Gasteiger partial charge < -0.3 is 10.1 Å². The van der Waals surface area contributed by atoms with Gasteiger partial charge in [-0.05, 0) is 49.4 Å². The van der Waals surface area contributed by atoms with Gasteiger partial charge in [-0.25, -0.2) is 9.78 Å². The van der Waals surface area contributed by atoms with Crippen LogP contribution >= 0.6 is 0 Å². The molecule has 0 unspecified atom stereocenters. The number of nitrogens with one attached hydrogen (secondary N) is 1. The molecule has 0 fully saturated rings. The van der Waals surface area contributed by atoms with E-state index < -0.39 is 5.97 Å². The number of hydrogen-bond acceptors (Lipinski definition) is 4. The van der Waals surface area contributed by atoms with E-state index >= 15 is 0 Å². The van der Waals surface area contributed by atoms with Crippen LogP contribution < -0.4 is 5.32 Å². The van der Waals surface area contributed by atoms with Gasteiger partial charge in [0, 0.05) is 16.6 Å². The second kappa shape index (κ2) is 8.17. The fraction of sp³-hybridized carbons (Fsp3) is 0.0800. The predicted octanol–water partition coefficient (Wildman–Crippen LogP) is 5.25. The van der Waals surface area contributed by atoms with E-state index in [1.807, 2.05) is 61.5 Å². The number of rotatable bonds is 4. The van der Waals surface area contributed by atoms with Gasteiger partial charge in [-0.1, -0.05) is 42.0 Å². The Labute approximate surface area is 174 Å². The lowest BCUT2D eigenvalue weighted by Gasteiger charge is -2.12. The molecule has 0 spiro atoms. The largest absolute Gasteiger partial charge is 0.465 e. The third-order valence-electron chi connectivity index (χ3n) is 4.84. The van der Waals surface area contributed by atoms with Crippen LogP contribution in [0.4, 0.5) is 5.69 Å². The van der Waals surface area contributed by atoms with E-state index in [9.17, 15) is 9.59 Å². The Bertz CT molecular complexity index is 1230. The molecule has 0 aliphatic carbocycles. The molecule has 30 heavy (non-hydrogen) atoms. The first-order chi connectivity index (χ1) is 14.5. The Morgan fingerprint density at radius 1 is 0.900 bits per heavy atom. The summed E-state index contributed by atoms with van der Waals surface area (Å²) < 4.78 is 4.71. The molecule has 0 aliphatic heterocycles. The van der Waals surface area contributed by atoms with Gasteiger partial charge in [-0.3, -0.25) is 4.79 Å². The molecule has 0 bridgehead atoms. The third-order valence-corrected chi connectivity index (χ3v) is 4.84. The number of pyridine rings is 1. The minimum atomic E-state index is -0.420. The molecule has 3 aromatic carbocycles. The maximum Gasteiger partial charge on any atom is 0.337 e. The van der Waals surface area contributed by atoms with Crippen LogP contribution in [0.25, 0.3) is 22.2 Å². The highest BCUT2D eigenvalue weighted by molar-refractivity contribution is 6.13. The topological polar surface area (TPSA) is 68.3 Å². The summed E-state index contributed by atoms with van der Waals surface area (Å²) in [4.78, 5) is 29.5. The maximum absolute atomic E-state index is 13.2. The Kier molecular flexibility index (Phi) is 5.26. The van der Waals surface area contributed by atoms with Crippen molar-refractivity contribution in [1.82, 2.24) is 4.98 Å². The van der Waals surface area contributed by atoms with E-state index in [0.717, 1.165) is 27.7 Å². The first-order valence-electron chi connectivity index (χ1n) is 9.52. The number of hydrogen-bond donors (Lipinski definition) is 1. The highest BCUT2D eigenvalue weighted by Gasteiger charge is 2.15. The first kappa shape index (κ1) is 19.3. The highest BCUT2D eigenvalue weighted by Crippen LogP contribution is 2.26. The van der Waals surface area contributed by atoms with E-state index in [2.05, 4.69) is 5.32 Å². The van der Waals surface area contributed by atoms with Crippen LogP contribution in [-0.4, -0.2) is 24.0 Å². The number of nitrogens with zero attached hydrogens (tertiary/aromatic N) is 1. The summed E-state index contributed by atoms with van der Waals surface area (Å²) in [5.74, 6) is -0.660. The summed E-state index contributed by atoms with van der Waals surface area (Å²) in [5.41, 5.74) is 5.04. The van der Waals surface area contributed by atoms with Crippen LogP contribution in [-0.2, 0) is 4.74 Å². The molecule has 0 saturated heterocycles. The zero-order chi connectivity index (χ0) is 21.1. The quantitative estimate of drug-likeness (QED) is 0.479. The molecule has 5 heteroatoms. The van der Waals surface area contributed by atoms with E-state index in [1.54, 1.807) is 24.3 Å². The highest BCUT2D eigenvalue weighted by atomic mass is 16.5. The SMILES string of the molecule is COC(=O)c1ccc(NC(=O)c2cc(-c3ccccc3)nc3ccc(C)cc23)cc1. The molecule has 5 nitrogen and oxygen atoms in total. The average Bonchev–Trinajstić information content (AvgIpc) is 2.79. The summed E-state index contributed by atoms with van der Waals surface area (Å²) in [6.07, 6.45) is 0. The molecule has 4 rings (SSSR count). The molecule has 0 radical (unpaired) electrons. The molecule has 0 aliphatic rings. The summed E-state index contributed by atoms with van der Waals surface area (Å²) in [7, 11) is 1.33. The minimum absolute atomic E-state index is 0.240. The Morgan fingerprint density at radius 2 is 1.63 bits per heavy atom. The fourth-order valence-electron chi connectivity index (χ4n) is 3.29. The van der Waals surface area contributed by atoms with Crippen molar-refractivity contribution in [3.05, 3.63) is 95.6 Å². The van der Waals surface area contributed by atoms with Gasteiger partial charge in [0.05, 0.1) is 29.4 Å². The smallest absolute Gasteiger partial charge is 0.337 e. The summed E-state index contributed by atoms with van der Waals surface area (Å²) >= 11 is 0. The van der Waals surface area contributed by atoms with Gasteiger partial charge in [-0.2, -0.15) is 0 Å². The molecule has 1 N–H and O–H groups in total. The lowest BCUT2D eigenvalue weighted by molar-refractivity contribution is 0.0600. The number of anilines is 1. The number of methoxy groups -OCH3 is 1. The predicted molar refractivity (Wildman–Crippen MR) is 118 cm³/mol. The van der Waals surface area contributed by atoms with Gasteiger partial charge in [0.25, 0.3) is 5.91 Å².